The van der Waals surface area contributed by atoms with Gasteiger partial charge in [0.2, 0.25) is 10.0 Å². The van der Waals surface area contributed by atoms with E-state index in [1.165, 1.54) is 0 Å². The average Bonchev–Trinajstić information content (AvgIpc) is 2.77. The van der Waals surface area contributed by atoms with Crippen LogP contribution in [-0.4, -0.2) is 39.0 Å². The first kappa shape index (κ1) is 15.3. The lowest BCUT2D eigenvalue weighted by molar-refractivity contribution is 0.328. The van der Waals surface area contributed by atoms with E-state index in [9.17, 15) is 8.42 Å². The van der Waals surface area contributed by atoms with Crippen LogP contribution in [0.5, 0.6) is 5.75 Å². The highest BCUT2D eigenvalue weighted by Gasteiger charge is 2.34. The Kier molecular flexibility index (Phi) is 4.67. The van der Waals surface area contributed by atoms with Crippen LogP contribution in [0.15, 0.2) is 29.2 Å². The third-order valence-corrected chi connectivity index (χ3v) is 5.65. The lowest BCUT2D eigenvalue weighted by atomic mass is 10.0. The standard InChI is InChI=1S/C14H22N2O3S/c1-11-9-16(10-12(11)2)20(17,18)14-5-3-13(4-6-14)19-8-7-15/h3-6,11-12H,7-10,15H2,1-2H3. The number of nitrogens with zero attached hydrogens (tertiary/aromatic N) is 1. The van der Waals surface area contributed by atoms with Crippen LogP contribution in [0.3, 0.4) is 0 Å². The van der Waals surface area contributed by atoms with Crippen molar-refractivity contribution in [2.45, 2.75) is 18.7 Å². The minimum atomic E-state index is -3.39. The van der Waals surface area contributed by atoms with E-state index in [2.05, 4.69) is 13.8 Å². The molecule has 2 unspecified atom stereocenters. The van der Waals surface area contributed by atoms with Gasteiger partial charge in [0.15, 0.2) is 0 Å². The number of benzene rings is 1. The van der Waals surface area contributed by atoms with Gasteiger partial charge in [-0.3, -0.25) is 0 Å². The van der Waals surface area contributed by atoms with E-state index in [1.807, 2.05) is 0 Å². The van der Waals surface area contributed by atoms with Crippen molar-refractivity contribution in [2.75, 3.05) is 26.2 Å². The molecule has 1 aliphatic heterocycles. The Morgan fingerprint density at radius 2 is 1.75 bits per heavy atom. The number of hydrogen-bond donors (Lipinski definition) is 1. The van der Waals surface area contributed by atoms with E-state index in [0.29, 0.717) is 48.7 Å². The van der Waals surface area contributed by atoms with Crippen molar-refractivity contribution in [3.8, 4) is 5.75 Å². The number of nitrogens with two attached hydrogens (primary N) is 1. The molecule has 5 nitrogen and oxygen atoms in total. The van der Waals surface area contributed by atoms with Crippen LogP contribution in [0.2, 0.25) is 0 Å². The summed E-state index contributed by atoms with van der Waals surface area (Å²) in [5.41, 5.74) is 5.36. The van der Waals surface area contributed by atoms with Gasteiger partial charge in [0.05, 0.1) is 4.90 Å². The number of ether oxygens (including phenoxy) is 1. The normalized spacial score (nSPS) is 23.9. The summed E-state index contributed by atoms with van der Waals surface area (Å²) in [4.78, 5) is 0.318. The van der Waals surface area contributed by atoms with Gasteiger partial charge in [0.1, 0.15) is 12.4 Å². The number of sulfonamides is 1. The molecule has 1 aliphatic rings. The summed E-state index contributed by atoms with van der Waals surface area (Å²) < 4.78 is 31.9. The second kappa shape index (κ2) is 6.11. The summed E-state index contributed by atoms with van der Waals surface area (Å²) in [6.07, 6.45) is 0. The van der Waals surface area contributed by atoms with E-state index < -0.39 is 10.0 Å². The Morgan fingerprint density at radius 1 is 1.20 bits per heavy atom. The lowest BCUT2D eigenvalue weighted by Gasteiger charge is -2.16. The molecule has 0 spiro atoms. The molecule has 1 fully saturated rings. The first-order chi connectivity index (χ1) is 9.45. The maximum Gasteiger partial charge on any atom is 0.243 e. The van der Waals surface area contributed by atoms with Crippen molar-refractivity contribution in [1.29, 1.82) is 0 Å². The zero-order valence-electron chi connectivity index (χ0n) is 12.0. The maximum absolute atomic E-state index is 12.5. The second-order valence-corrected chi connectivity index (χ2v) is 7.32. The second-order valence-electron chi connectivity index (χ2n) is 5.39. The highest BCUT2D eigenvalue weighted by Crippen LogP contribution is 2.28. The number of hydrogen-bond acceptors (Lipinski definition) is 4. The summed E-state index contributed by atoms with van der Waals surface area (Å²) in [5, 5.41) is 0. The Bertz CT molecular complexity index is 532. The predicted octanol–water partition coefficient (Wildman–Crippen LogP) is 1.30. The van der Waals surface area contributed by atoms with E-state index >= 15 is 0 Å². The Hall–Kier alpha value is -1.11. The molecule has 2 atom stereocenters. The molecule has 0 bridgehead atoms. The van der Waals surface area contributed by atoms with Gasteiger partial charge < -0.3 is 10.5 Å². The Morgan fingerprint density at radius 3 is 2.25 bits per heavy atom. The van der Waals surface area contributed by atoms with Gasteiger partial charge in [-0.1, -0.05) is 13.8 Å². The molecule has 0 aromatic heterocycles. The summed E-state index contributed by atoms with van der Waals surface area (Å²) >= 11 is 0. The largest absolute Gasteiger partial charge is 0.492 e. The van der Waals surface area contributed by atoms with E-state index in [-0.39, 0.29) is 0 Å². The highest BCUT2D eigenvalue weighted by molar-refractivity contribution is 7.89. The minimum absolute atomic E-state index is 0.318. The summed E-state index contributed by atoms with van der Waals surface area (Å²) in [6, 6.07) is 6.53. The smallest absolute Gasteiger partial charge is 0.243 e. The van der Waals surface area contributed by atoms with Crippen LogP contribution >= 0.6 is 0 Å². The monoisotopic (exact) mass is 298 g/mol. The molecular weight excluding hydrogens is 276 g/mol. The van der Waals surface area contributed by atoms with Crippen molar-refractivity contribution >= 4 is 10.0 Å². The highest BCUT2D eigenvalue weighted by atomic mass is 32.2. The van der Waals surface area contributed by atoms with E-state index in [4.69, 9.17) is 10.5 Å². The zero-order chi connectivity index (χ0) is 14.8. The van der Waals surface area contributed by atoms with Crippen LogP contribution in [0, 0.1) is 11.8 Å². The van der Waals surface area contributed by atoms with Gasteiger partial charge in [-0.25, -0.2) is 8.42 Å². The fourth-order valence-corrected chi connectivity index (χ4v) is 3.95. The molecule has 1 saturated heterocycles. The van der Waals surface area contributed by atoms with Crippen molar-refractivity contribution in [3.05, 3.63) is 24.3 Å². The molecule has 0 aliphatic carbocycles. The average molecular weight is 298 g/mol. The van der Waals surface area contributed by atoms with Crippen LogP contribution < -0.4 is 10.5 Å². The summed E-state index contributed by atoms with van der Waals surface area (Å²) in [7, 11) is -3.39. The topological polar surface area (TPSA) is 72.6 Å². The molecule has 0 amide bonds. The third kappa shape index (κ3) is 3.13. The lowest BCUT2D eigenvalue weighted by Crippen LogP contribution is -2.29. The van der Waals surface area contributed by atoms with Gasteiger partial charge in [-0.15, -0.1) is 0 Å². The van der Waals surface area contributed by atoms with Crippen LogP contribution in [0.4, 0.5) is 0 Å². The minimum Gasteiger partial charge on any atom is -0.492 e. The molecule has 2 rings (SSSR count). The van der Waals surface area contributed by atoms with Gasteiger partial charge in [0, 0.05) is 19.6 Å². The van der Waals surface area contributed by atoms with Crippen LogP contribution in [0.1, 0.15) is 13.8 Å². The van der Waals surface area contributed by atoms with E-state index in [0.717, 1.165) is 0 Å². The molecule has 1 aromatic rings. The molecule has 0 saturated carbocycles. The van der Waals surface area contributed by atoms with Crippen molar-refractivity contribution in [3.63, 3.8) is 0 Å². The summed E-state index contributed by atoms with van der Waals surface area (Å²) in [6.45, 7) is 6.22. The molecule has 20 heavy (non-hydrogen) atoms. The zero-order valence-corrected chi connectivity index (χ0v) is 12.8. The fourth-order valence-electron chi connectivity index (χ4n) is 2.31. The van der Waals surface area contributed by atoms with Gasteiger partial charge in [0.25, 0.3) is 0 Å². The van der Waals surface area contributed by atoms with Crippen LogP contribution in [-0.2, 0) is 10.0 Å². The molecule has 6 heteroatoms. The first-order valence-corrected chi connectivity index (χ1v) is 8.32. The van der Waals surface area contributed by atoms with Gasteiger partial charge >= 0.3 is 0 Å². The molecule has 1 aromatic carbocycles. The molecule has 112 valence electrons. The molecule has 0 radical (unpaired) electrons. The Balaban J connectivity index is 2.14. The van der Waals surface area contributed by atoms with Gasteiger partial charge in [-0.2, -0.15) is 4.31 Å². The van der Waals surface area contributed by atoms with Crippen molar-refractivity contribution < 1.29 is 13.2 Å². The predicted molar refractivity (Wildman–Crippen MR) is 78.1 cm³/mol. The van der Waals surface area contributed by atoms with Crippen molar-refractivity contribution in [1.82, 2.24) is 4.31 Å². The quantitative estimate of drug-likeness (QED) is 0.889. The van der Waals surface area contributed by atoms with Gasteiger partial charge in [-0.05, 0) is 36.1 Å². The van der Waals surface area contributed by atoms with Crippen molar-refractivity contribution in [2.24, 2.45) is 17.6 Å². The molecule has 2 N–H and O–H groups in total. The molecular formula is C14H22N2O3S. The number of rotatable bonds is 5. The third-order valence-electron chi connectivity index (χ3n) is 3.80. The molecule has 1 heterocycles. The first-order valence-electron chi connectivity index (χ1n) is 6.88. The maximum atomic E-state index is 12.5. The Labute approximate surface area is 120 Å². The SMILES string of the molecule is CC1CN(S(=O)(=O)c2ccc(OCCN)cc2)CC1C. The fraction of sp³-hybridized carbons (Fsp3) is 0.571. The van der Waals surface area contributed by atoms with Crippen LogP contribution in [0.25, 0.3) is 0 Å². The summed E-state index contributed by atoms with van der Waals surface area (Å²) in [5.74, 6) is 1.44. The van der Waals surface area contributed by atoms with E-state index in [1.54, 1.807) is 28.6 Å².